The molecule has 100 valence electrons. The van der Waals surface area contributed by atoms with Crippen LogP contribution in [0.2, 0.25) is 0 Å². The van der Waals surface area contributed by atoms with Crippen LogP contribution < -0.4 is 4.74 Å². The zero-order chi connectivity index (χ0) is 13.8. The van der Waals surface area contributed by atoms with Crippen molar-refractivity contribution in [2.45, 2.75) is 6.61 Å². The van der Waals surface area contributed by atoms with Gasteiger partial charge in [0.1, 0.15) is 24.3 Å². The Bertz CT molecular complexity index is 677. The zero-order valence-electron chi connectivity index (χ0n) is 10.6. The van der Waals surface area contributed by atoms with Crippen molar-refractivity contribution in [1.82, 2.24) is 4.98 Å². The zero-order valence-corrected chi connectivity index (χ0v) is 12.8. The molecule has 0 atom stereocenters. The molecule has 0 spiro atoms. The first-order valence-electron chi connectivity index (χ1n) is 6.19. The Morgan fingerprint density at radius 3 is 2.50 bits per heavy atom. The number of hydrogen-bond acceptors (Lipinski definition) is 3. The second kappa shape index (κ2) is 6.09. The van der Waals surface area contributed by atoms with E-state index in [0.29, 0.717) is 12.5 Å². The van der Waals surface area contributed by atoms with Crippen molar-refractivity contribution in [3.63, 3.8) is 0 Å². The molecule has 3 aromatic rings. The molecule has 4 heteroatoms. The van der Waals surface area contributed by atoms with Gasteiger partial charge in [-0.25, -0.2) is 4.98 Å². The fourth-order valence-corrected chi connectivity index (χ4v) is 2.13. The van der Waals surface area contributed by atoms with Crippen molar-refractivity contribution in [3.8, 4) is 17.2 Å². The van der Waals surface area contributed by atoms with Crippen LogP contribution in [0.25, 0.3) is 11.5 Å². The Hall–Kier alpha value is -1.82. The topological polar surface area (TPSA) is 35.3 Å². The lowest BCUT2D eigenvalue weighted by molar-refractivity contribution is 0.301. The highest BCUT2D eigenvalue weighted by Gasteiger charge is 2.06. The number of aromatic nitrogens is 1. The van der Waals surface area contributed by atoms with Gasteiger partial charge in [-0.2, -0.15) is 0 Å². The van der Waals surface area contributed by atoms with Crippen molar-refractivity contribution in [2.75, 3.05) is 0 Å². The lowest BCUT2D eigenvalue weighted by Gasteiger charge is -2.03. The van der Waals surface area contributed by atoms with Crippen LogP contribution in [0.5, 0.6) is 5.75 Å². The van der Waals surface area contributed by atoms with Crippen LogP contribution in [0, 0.1) is 3.57 Å². The largest absolute Gasteiger partial charge is 0.487 e. The minimum Gasteiger partial charge on any atom is -0.487 e. The summed E-state index contributed by atoms with van der Waals surface area (Å²) in [6.07, 6.45) is 1.63. The Labute approximate surface area is 130 Å². The smallest absolute Gasteiger partial charge is 0.226 e. The van der Waals surface area contributed by atoms with E-state index in [1.165, 1.54) is 3.57 Å². The standard InChI is InChI=1S/C16H12INO2/c17-13-6-8-15(9-7-13)19-10-14-11-20-16(18-14)12-4-2-1-3-5-12/h1-9,11H,10H2. The molecule has 0 aliphatic heterocycles. The first-order chi connectivity index (χ1) is 9.81. The molecule has 2 aromatic carbocycles. The van der Waals surface area contributed by atoms with Gasteiger partial charge >= 0.3 is 0 Å². The van der Waals surface area contributed by atoms with Gasteiger partial charge in [0.15, 0.2) is 0 Å². The minimum atomic E-state index is 0.400. The van der Waals surface area contributed by atoms with Crippen LogP contribution in [0.1, 0.15) is 5.69 Å². The number of nitrogens with zero attached hydrogens (tertiary/aromatic N) is 1. The monoisotopic (exact) mass is 377 g/mol. The van der Waals surface area contributed by atoms with E-state index in [1.54, 1.807) is 6.26 Å². The fraction of sp³-hybridized carbons (Fsp3) is 0.0625. The first-order valence-corrected chi connectivity index (χ1v) is 7.27. The van der Waals surface area contributed by atoms with E-state index < -0.39 is 0 Å². The molecular formula is C16H12INO2. The van der Waals surface area contributed by atoms with Crippen LogP contribution in [0.4, 0.5) is 0 Å². The number of oxazole rings is 1. The Balaban J connectivity index is 1.67. The number of halogens is 1. The highest BCUT2D eigenvalue weighted by atomic mass is 127. The molecule has 0 amide bonds. The number of ether oxygens (including phenoxy) is 1. The summed E-state index contributed by atoms with van der Waals surface area (Å²) in [4.78, 5) is 4.42. The number of hydrogen-bond donors (Lipinski definition) is 0. The van der Waals surface area contributed by atoms with E-state index in [-0.39, 0.29) is 0 Å². The summed E-state index contributed by atoms with van der Waals surface area (Å²) in [6, 6.07) is 17.7. The van der Waals surface area contributed by atoms with Gasteiger partial charge in [0.25, 0.3) is 0 Å². The molecule has 0 unspecified atom stereocenters. The van der Waals surface area contributed by atoms with Crippen LogP contribution in [0.15, 0.2) is 65.3 Å². The maximum Gasteiger partial charge on any atom is 0.226 e. The SMILES string of the molecule is Ic1ccc(OCc2coc(-c3ccccc3)n2)cc1. The Morgan fingerprint density at radius 1 is 1.00 bits per heavy atom. The third-order valence-electron chi connectivity index (χ3n) is 2.77. The predicted molar refractivity (Wildman–Crippen MR) is 85.4 cm³/mol. The third kappa shape index (κ3) is 3.19. The molecule has 3 rings (SSSR count). The molecule has 3 nitrogen and oxygen atoms in total. The summed E-state index contributed by atoms with van der Waals surface area (Å²) in [5.74, 6) is 1.45. The van der Waals surface area contributed by atoms with E-state index in [1.807, 2.05) is 54.6 Å². The average Bonchev–Trinajstić information content (AvgIpc) is 2.97. The molecule has 0 aliphatic carbocycles. The quantitative estimate of drug-likeness (QED) is 0.627. The van der Waals surface area contributed by atoms with Crippen LogP contribution in [-0.2, 0) is 6.61 Å². The highest BCUT2D eigenvalue weighted by Crippen LogP contribution is 2.19. The van der Waals surface area contributed by atoms with Crippen molar-refractivity contribution in [2.24, 2.45) is 0 Å². The van der Waals surface area contributed by atoms with Gasteiger partial charge in [-0.15, -0.1) is 0 Å². The van der Waals surface area contributed by atoms with Crippen molar-refractivity contribution in [3.05, 3.63) is 70.1 Å². The van der Waals surface area contributed by atoms with Gasteiger partial charge in [0.2, 0.25) is 5.89 Å². The molecule has 1 heterocycles. The number of benzene rings is 2. The van der Waals surface area contributed by atoms with E-state index in [4.69, 9.17) is 9.15 Å². The Morgan fingerprint density at radius 2 is 1.75 bits per heavy atom. The summed E-state index contributed by atoms with van der Waals surface area (Å²) < 4.78 is 12.3. The molecule has 0 saturated heterocycles. The van der Waals surface area contributed by atoms with Crippen molar-refractivity contribution >= 4 is 22.6 Å². The fourth-order valence-electron chi connectivity index (χ4n) is 1.77. The summed E-state index contributed by atoms with van der Waals surface area (Å²) in [6.45, 7) is 0.400. The lowest BCUT2D eigenvalue weighted by atomic mass is 10.2. The third-order valence-corrected chi connectivity index (χ3v) is 3.49. The van der Waals surface area contributed by atoms with Gasteiger partial charge in [-0.3, -0.25) is 0 Å². The maximum absolute atomic E-state index is 5.67. The van der Waals surface area contributed by atoms with E-state index in [0.717, 1.165) is 17.0 Å². The number of rotatable bonds is 4. The maximum atomic E-state index is 5.67. The molecular weight excluding hydrogens is 365 g/mol. The van der Waals surface area contributed by atoms with Gasteiger partial charge < -0.3 is 9.15 Å². The normalized spacial score (nSPS) is 10.4. The second-order valence-electron chi connectivity index (χ2n) is 4.25. The summed E-state index contributed by atoms with van der Waals surface area (Å²) in [5.41, 5.74) is 1.75. The van der Waals surface area contributed by atoms with Gasteiger partial charge in [0, 0.05) is 9.13 Å². The van der Waals surface area contributed by atoms with E-state index in [2.05, 4.69) is 27.6 Å². The van der Waals surface area contributed by atoms with Crippen LogP contribution in [0.3, 0.4) is 0 Å². The molecule has 0 N–H and O–H groups in total. The van der Waals surface area contributed by atoms with Crippen molar-refractivity contribution in [1.29, 1.82) is 0 Å². The molecule has 1 aromatic heterocycles. The van der Waals surface area contributed by atoms with E-state index in [9.17, 15) is 0 Å². The average molecular weight is 377 g/mol. The van der Waals surface area contributed by atoms with Gasteiger partial charge in [0.05, 0.1) is 0 Å². The second-order valence-corrected chi connectivity index (χ2v) is 5.50. The first kappa shape index (κ1) is 13.2. The van der Waals surface area contributed by atoms with Crippen molar-refractivity contribution < 1.29 is 9.15 Å². The molecule has 0 fully saturated rings. The van der Waals surface area contributed by atoms with Gasteiger partial charge in [-0.05, 0) is 59.0 Å². The molecule has 20 heavy (non-hydrogen) atoms. The van der Waals surface area contributed by atoms with Crippen LogP contribution >= 0.6 is 22.6 Å². The Kier molecular flexibility index (Phi) is 4.01. The highest BCUT2D eigenvalue weighted by molar-refractivity contribution is 14.1. The van der Waals surface area contributed by atoms with Crippen LogP contribution in [-0.4, -0.2) is 4.98 Å². The molecule has 0 bridgehead atoms. The van der Waals surface area contributed by atoms with E-state index >= 15 is 0 Å². The lowest BCUT2D eigenvalue weighted by Crippen LogP contribution is -1.95. The summed E-state index contributed by atoms with van der Waals surface area (Å²) >= 11 is 2.26. The van der Waals surface area contributed by atoms with Gasteiger partial charge in [-0.1, -0.05) is 18.2 Å². The predicted octanol–water partition coefficient (Wildman–Crippen LogP) is 4.53. The minimum absolute atomic E-state index is 0.400. The summed E-state index contributed by atoms with van der Waals surface area (Å²) in [7, 11) is 0. The molecule has 0 aliphatic rings. The molecule has 0 saturated carbocycles. The summed E-state index contributed by atoms with van der Waals surface area (Å²) in [5, 5.41) is 0. The molecule has 0 radical (unpaired) electrons.